The number of aryl methyl sites for hydroxylation is 1. The molecule has 0 unspecified atom stereocenters. The van der Waals surface area contributed by atoms with Crippen molar-refractivity contribution in [1.82, 2.24) is 9.97 Å². The zero-order valence-electron chi connectivity index (χ0n) is 28.5. The average molecular weight is 737 g/mol. The summed E-state index contributed by atoms with van der Waals surface area (Å²) in [7, 11) is 0. The van der Waals surface area contributed by atoms with Crippen LogP contribution in [-0.4, -0.2) is 37.2 Å². The van der Waals surface area contributed by atoms with E-state index in [0.717, 1.165) is 16.5 Å². The van der Waals surface area contributed by atoms with E-state index in [0.29, 0.717) is 49.9 Å². The number of aromatic nitrogens is 2. The van der Waals surface area contributed by atoms with Crippen molar-refractivity contribution in [3.05, 3.63) is 146 Å². The van der Waals surface area contributed by atoms with Crippen molar-refractivity contribution in [3.8, 4) is 28.2 Å². The SMILES string of the molecule is Cc1ccc(C(=O)O)c(-c2c3cc(Cl)c(=O)c(CNc4cccc5ccc(C(=O)O)nc45)c-3oc3c(CNc4cccc5cccnc45)c(O)ccc23)c1. The van der Waals surface area contributed by atoms with Crippen LogP contribution < -0.4 is 16.1 Å². The van der Waals surface area contributed by atoms with E-state index in [1.54, 1.807) is 48.7 Å². The Labute approximate surface area is 311 Å². The molecular formula is C42H29ClN4O7. The highest BCUT2D eigenvalue weighted by Gasteiger charge is 2.28. The molecule has 0 saturated heterocycles. The lowest BCUT2D eigenvalue weighted by atomic mass is 9.87. The summed E-state index contributed by atoms with van der Waals surface area (Å²) < 4.78 is 6.67. The lowest BCUT2D eigenvalue weighted by Gasteiger charge is -2.22. The Balaban J connectivity index is 1.35. The molecule has 3 heterocycles. The Morgan fingerprint density at radius 3 is 2.22 bits per heavy atom. The molecule has 266 valence electrons. The lowest BCUT2D eigenvalue weighted by molar-refractivity contribution is 0.0683. The van der Waals surface area contributed by atoms with E-state index in [1.807, 2.05) is 37.3 Å². The summed E-state index contributed by atoms with van der Waals surface area (Å²) in [6.07, 6.45) is 1.69. The van der Waals surface area contributed by atoms with Gasteiger partial charge in [0.2, 0.25) is 5.43 Å². The molecule has 0 amide bonds. The zero-order valence-corrected chi connectivity index (χ0v) is 29.2. The van der Waals surface area contributed by atoms with Crippen LogP contribution in [0.3, 0.4) is 0 Å². The highest BCUT2D eigenvalue weighted by molar-refractivity contribution is 6.31. The van der Waals surface area contributed by atoms with Gasteiger partial charge in [0.1, 0.15) is 22.8 Å². The molecule has 4 aromatic carbocycles. The van der Waals surface area contributed by atoms with E-state index in [9.17, 15) is 29.7 Å². The van der Waals surface area contributed by atoms with Crippen molar-refractivity contribution < 1.29 is 29.3 Å². The number of nitrogens with zero attached hydrogens (tertiary/aromatic N) is 2. The van der Waals surface area contributed by atoms with E-state index in [1.165, 1.54) is 24.3 Å². The molecule has 54 heavy (non-hydrogen) atoms. The van der Waals surface area contributed by atoms with E-state index in [-0.39, 0.29) is 52.0 Å². The third-order valence-corrected chi connectivity index (χ3v) is 9.70. The summed E-state index contributed by atoms with van der Waals surface area (Å²) in [4.78, 5) is 47.2. The van der Waals surface area contributed by atoms with Gasteiger partial charge in [0, 0.05) is 46.6 Å². The van der Waals surface area contributed by atoms with Gasteiger partial charge in [-0.15, -0.1) is 0 Å². The van der Waals surface area contributed by atoms with Crippen LogP contribution in [0.4, 0.5) is 11.4 Å². The number of carboxylic acids is 2. The molecule has 6 aromatic rings. The van der Waals surface area contributed by atoms with Gasteiger partial charge in [-0.25, -0.2) is 14.6 Å². The number of hydrogen-bond acceptors (Lipinski definition) is 9. The molecule has 11 nitrogen and oxygen atoms in total. The normalized spacial score (nSPS) is 11.4. The van der Waals surface area contributed by atoms with Crippen molar-refractivity contribution in [2.45, 2.75) is 20.0 Å². The molecule has 2 aliphatic rings. The largest absolute Gasteiger partial charge is 0.507 e. The predicted molar refractivity (Wildman–Crippen MR) is 208 cm³/mol. The van der Waals surface area contributed by atoms with Gasteiger partial charge >= 0.3 is 11.9 Å². The number of halogens is 1. The monoisotopic (exact) mass is 736 g/mol. The van der Waals surface area contributed by atoms with E-state index in [2.05, 4.69) is 20.6 Å². The van der Waals surface area contributed by atoms with Gasteiger partial charge in [0.05, 0.1) is 44.1 Å². The van der Waals surface area contributed by atoms with Crippen LogP contribution in [0.1, 0.15) is 37.5 Å². The van der Waals surface area contributed by atoms with Crippen molar-refractivity contribution in [2.24, 2.45) is 0 Å². The van der Waals surface area contributed by atoms with Crippen LogP contribution in [0.2, 0.25) is 5.02 Å². The fourth-order valence-electron chi connectivity index (χ4n) is 6.84. The van der Waals surface area contributed by atoms with Crippen LogP contribution >= 0.6 is 11.6 Å². The highest BCUT2D eigenvalue weighted by Crippen LogP contribution is 2.46. The fraction of sp³-hybridized carbons (Fsp3) is 0.0714. The standard InChI is InChI=1S/C42H29ClN4O7/c1-21-10-12-24(41(50)51)26(17-21)35-25-13-15-34(48)28(19-45-31-8-2-5-22-7-4-16-44-36(22)31)39(25)54-40-27(35)18-30(43)38(49)29(40)20-46-32-9-3-6-23-11-14-33(42(52)53)47-37(23)32/h2-18,45-46,48H,19-20H2,1H3,(H,50,51)(H,52,53). The quantitative estimate of drug-likeness (QED) is 0.0895. The molecule has 12 heteroatoms. The third-order valence-electron chi connectivity index (χ3n) is 9.42. The first-order valence-electron chi connectivity index (χ1n) is 16.8. The van der Waals surface area contributed by atoms with Gasteiger partial charge in [0.15, 0.2) is 0 Å². The summed E-state index contributed by atoms with van der Waals surface area (Å²) in [6.45, 7) is 1.79. The van der Waals surface area contributed by atoms with Crippen molar-refractivity contribution in [3.63, 3.8) is 0 Å². The van der Waals surface area contributed by atoms with E-state index >= 15 is 0 Å². The molecule has 0 saturated carbocycles. The summed E-state index contributed by atoms with van der Waals surface area (Å²) in [6, 6.07) is 27.5. The molecule has 5 N–H and O–H groups in total. The van der Waals surface area contributed by atoms with E-state index in [4.69, 9.17) is 16.0 Å². The maximum atomic E-state index is 13.9. The third kappa shape index (κ3) is 5.96. The first kappa shape index (κ1) is 34.1. The number of carbonyl (C=O) groups is 2. The van der Waals surface area contributed by atoms with Gasteiger partial charge in [-0.2, -0.15) is 0 Å². The topological polar surface area (TPSA) is 175 Å². The summed E-state index contributed by atoms with van der Waals surface area (Å²) in [5.74, 6) is -2.31. The number of rotatable bonds is 9. The molecule has 8 rings (SSSR count). The fourth-order valence-corrected chi connectivity index (χ4v) is 7.07. The molecule has 0 bridgehead atoms. The summed E-state index contributed by atoms with van der Waals surface area (Å²) in [5.41, 5.74) is 4.30. The number of phenols is 1. The number of phenolic OH excluding ortho intramolecular Hbond substituents is 1. The van der Waals surface area contributed by atoms with Gasteiger partial charge in [0.25, 0.3) is 0 Å². The zero-order chi connectivity index (χ0) is 37.7. The molecule has 0 radical (unpaired) electrons. The number of hydrogen-bond donors (Lipinski definition) is 5. The number of para-hydroxylation sites is 2. The first-order chi connectivity index (χ1) is 26.1. The first-order valence-corrected chi connectivity index (χ1v) is 17.2. The molecule has 1 aliphatic heterocycles. The van der Waals surface area contributed by atoms with Crippen LogP contribution in [0.25, 0.3) is 55.2 Å². The van der Waals surface area contributed by atoms with Crippen molar-refractivity contribution in [2.75, 3.05) is 10.6 Å². The van der Waals surface area contributed by atoms with Crippen molar-refractivity contribution >= 4 is 67.7 Å². The summed E-state index contributed by atoms with van der Waals surface area (Å²) >= 11 is 6.66. The van der Waals surface area contributed by atoms with E-state index < -0.39 is 17.4 Å². The minimum Gasteiger partial charge on any atom is -0.507 e. The lowest BCUT2D eigenvalue weighted by Crippen LogP contribution is -2.17. The highest BCUT2D eigenvalue weighted by atomic mass is 35.5. The Morgan fingerprint density at radius 1 is 0.778 bits per heavy atom. The van der Waals surface area contributed by atoms with Gasteiger partial charge in [-0.1, -0.05) is 65.7 Å². The molecular weight excluding hydrogens is 708 g/mol. The predicted octanol–water partition coefficient (Wildman–Crippen LogP) is 8.95. The molecule has 2 aromatic heterocycles. The Kier molecular flexibility index (Phi) is 8.55. The number of benzene rings is 5. The average Bonchev–Trinajstić information content (AvgIpc) is 3.16. The maximum Gasteiger partial charge on any atom is 0.354 e. The van der Waals surface area contributed by atoms with Crippen LogP contribution in [0, 0.1) is 6.92 Å². The second kappa shape index (κ2) is 13.5. The number of anilines is 2. The second-order valence-corrected chi connectivity index (χ2v) is 13.2. The number of aromatic carboxylic acids is 2. The minimum atomic E-state index is -1.19. The van der Waals surface area contributed by atoms with Gasteiger partial charge < -0.3 is 30.4 Å². The number of fused-ring (bicyclic) bond motifs is 4. The Hall–Kier alpha value is -6.98. The van der Waals surface area contributed by atoms with Gasteiger partial charge in [-0.3, -0.25) is 9.78 Å². The molecule has 0 spiro atoms. The second-order valence-electron chi connectivity index (χ2n) is 12.8. The van der Waals surface area contributed by atoms with Gasteiger partial charge in [-0.05, 0) is 61.0 Å². The van der Waals surface area contributed by atoms with Crippen LogP contribution in [0.5, 0.6) is 5.75 Å². The minimum absolute atomic E-state index is 0.0158. The molecule has 1 aliphatic carbocycles. The van der Waals surface area contributed by atoms with Crippen LogP contribution in [-0.2, 0) is 13.1 Å². The number of carboxylic acid groups (broad SMARTS) is 2. The Morgan fingerprint density at radius 2 is 1.48 bits per heavy atom. The summed E-state index contributed by atoms with van der Waals surface area (Å²) in [5, 5.41) is 39.8. The number of pyridine rings is 2. The molecule has 0 atom stereocenters. The number of nitrogens with one attached hydrogen (secondary N) is 2. The van der Waals surface area contributed by atoms with Crippen LogP contribution in [0.15, 0.2) is 112 Å². The number of aromatic hydroxyl groups is 1. The molecule has 0 fully saturated rings. The maximum absolute atomic E-state index is 13.9. The smallest absolute Gasteiger partial charge is 0.354 e. The Bertz CT molecular complexity index is 2870. The van der Waals surface area contributed by atoms with Crippen molar-refractivity contribution in [1.29, 1.82) is 0 Å².